The number of hydrogen-bond acceptors (Lipinski definition) is 3. The third-order valence-electron chi connectivity index (χ3n) is 2.41. The Labute approximate surface area is 88.2 Å². The molecule has 0 bridgehead atoms. The summed E-state index contributed by atoms with van der Waals surface area (Å²) < 4.78 is 4.64. The Morgan fingerprint density at radius 2 is 2.53 bits per heavy atom. The van der Waals surface area contributed by atoms with Crippen molar-refractivity contribution >= 4 is 6.09 Å². The van der Waals surface area contributed by atoms with Crippen LogP contribution in [0.15, 0.2) is 36.8 Å². The predicted octanol–water partition coefficient (Wildman–Crippen LogP) is 1.76. The normalized spacial score (nSPS) is 19.3. The Bertz CT molecular complexity index is 375. The number of nitrogens with zero attached hydrogens (tertiary/aromatic N) is 2. The number of carbonyl (C=O) groups excluding carboxylic acids is 1. The fraction of sp³-hybridized carbons (Fsp3) is 0.273. The smallest absolute Gasteiger partial charge is 0.413 e. The summed E-state index contributed by atoms with van der Waals surface area (Å²) in [6.45, 7) is 0.623. The topological polar surface area (TPSA) is 42.4 Å². The highest BCUT2D eigenvalue weighted by Crippen LogP contribution is 2.23. The standard InChI is InChI=1S/C11H12N2O2/c1-15-11(14)13-6-4-10(8-13)9-3-2-5-12-7-9/h2-7,10H,8H2,1H3. The van der Waals surface area contributed by atoms with Gasteiger partial charge in [0.2, 0.25) is 0 Å². The number of hydrogen-bond donors (Lipinski definition) is 0. The van der Waals surface area contributed by atoms with Crippen molar-refractivity contribution in [3.8, 4) is 0 Å². The summed E-state index contributed by atoms with van der Waals surface area (Å²) in [5, 5.41) is 0. The van der Waals surface area contributed by atoms with Crippen LogP contribution in [0.2, 0.25) is 0 Å². The van der Waals surface area contributed by atoms with Crippen molar-refractivity contribution in [2.75, 3.05) is 13.7 Å². The summed E-state index contributed by atoms with van der Waals surface area (Å²) in [7, 11) is 1.38. The minimum absolute atomic E-state index is 0.220. The highest BCUT2D eigenvalue weighted by molar-refractivity contribution is 5.69. The lowest BCUT2D eigenvalue weighted by Crippen LogP contribution is -2.25. The van der Waals surface area contributed by atoms with E-state index in [9.17, 15) is 4.79 Å². The molecule has 1 aliphatic rings. The second kappa shape index (κ2) is 4.13. The van der Waals surface area contributed by atoms with Crippen LogP contribution in [0.1, 0.15) is 11.5 Å². The predicted molar refractivity (Wildman–Crippen MR) is 55.2 cm³/mol. The van der Waals surface area contributed by atoms with Gasteiger partial charge in [-0.1, -0.05) is 12.1 Å². The SMILES string of the molecule is COC(=O)N1C=CC(c2cccnc2)C1. The molecule has 1 aromatic heterocycles. The number of aromatic nitrogens is 1. The molecule has 0 fully saturated rings. The van der Waals surface area contributed by atoms with Gasteiger partial charge in [-0.2, -0.15) is 0 Å². The van der Waals surface area contributed by atoms with Gasteiger partial charge in [0.05, 0.1) is 7.11 Å². The van der Waals surface area contributed by atoms with Crippen LogP contribution in [0.3, 0.4) is 0 Å². The monoisotopic (exact) mass is 204 g/mol. The molecule has 0 N–H and O–H groups in total. The highest BCUT2D eigenvalue weighted by atomic mass is 16.5. The Morgan fingerprint density at radius 3 is 3.20 bits per heavy atom. The van der Waals surface area contributed by atoms with Gasteiger partial charge in [-0.05, 0) is 11.6 Å². The van der Waals surface area contributed by atoms with Crippen molar-refractivity contribution < 1.29 is 9.53 Å². The van der Waals surface area contributed by atoms with Crippen molar-refractivity contribution in [3.05, 3.63) is 42.4 Å². The van der Waals surface area contributed by atoms with Crippen LogP contribution in [0.25, 0.3) is 0 Å². The van der Waals surface area contributed by atoms with Crippen LogP contribution in [0, 0.1) is 0 Å². The molecule has 1 aromatic rings. The molecule has 0 radical (unpaired) electrons. The first-order chi connectivity index (χ1) is 7.31. The lowest BCUT2D eigenvalue weighted by atomic mass is 10.0. The van der Waals surface area contributed by atoms with Gasteiger partial charge in [0.25, 0.3) is 0 Å². The Morgan fingerprint density at radius 1 is 1.67 bits per heavy atom. The van der Waals surface area contributed by atoms with Gasteiger partial charge in [0.1, 0.15) is 0 Å². The molecule has 0 spiro atoms. The minimum atomic E-state index is -0.322. The molecule has 4 heteroatoms. The van der Waals surface area contributed by atoms with E-state index in [1.54, 1.807) is 17.3 Å². The van der Waals surface area contributed by atoms with Crippen molar-refractivity contribution in [1.29, 1.82) is 0 Å². The minimum Gasteiger partial charge on any atom is -0.452 e. The molecule has 1 aliphatic heterocycles. The lowest BCUT2D eigenvalue weighted by Gasteiger charge is -2.14. The second-order valence-electron chi connectivity index (χ2n) is 3.36. The number of carbonyl (C=O) groups is 1. The third-order valence-corrected chi connectivity index (χ3v) is 2.41. The van der Waals surface area contributed by atoms with Crippen LogP contribution >= 0.6 is 0 Å². The van der Waals surface area contributed by atoms with Gasteiger partial charge >= 0.3 is 6.09 Å². The van der Waals surface area contributed by atoms with E-state index in [1.165, 1.54) is 7.11 Å². The highest BCUT2D eigenvalue weighted by Gasteiger charge is 2.22. The molecular formula is C11H12N2O2. The zero-order valence-corrected chi connectivity index (χ0v) is 8.46. The molecule has 2 rings (SSSR count). The van der Waals surface area contributed by atoms with E-state index in [1.807, 2.05) is 24.4 Å². The van der Waals surface area contributed by atoms with E-state index in [4.69, 9.17) is 0 Å². The summed E-state index contributed by atoms with van der Waals surface area (Å²) in [5.74, 6) is 0.220. The first kappa shape index (κ1) is 9.71. The summed E-state index contributed by atoms with van der Waals surface area (Å²) in [4.78, 5) is 16.8. The Hall–Kier alpha value is -1.84. The average molecular weight is 204 g/mol. The van der Waals surface area contributed by atoms with E-state index in [0.29, 0.717) is 6.54 Å². The fourth-order valence-corrected chi connectivity index (χ4v) is 1.61. The van der Waals surface area contributed by atoms with Crippen LogP contribution in [-0.4, -0.2) is 29.6 Å². The summed E-state index contributed by atoms with van der Waals surface area (Å²) in [6.07, 6.45) is 6.96. The fourth-order valence-electron chi connectivity index (χ4n) is 1.61. The molecule has 0 saturated heterocycles. The van der Waals surface area contributed by atoms with Crippen LogP contribution in [0.5, 0.6) is 0 Å². The summed E-state index contributed by atoms with van der Waals surface area (Å²) in [6, 6.07) is 3.90. The maximum absolute atomic E-state index is 11.2. The molecule has 15 heavy (non-hydrogen) atoms. The molecule has 2 heterocycles. The third kappa shape index (κ3) is 1.98. The van der Waals surface area contributed by atoms with Crippen molar-refractivity contribution in [1.82, 2.24) is 9.88 Å². The van der Waals surface area contributed by atoms with Gasteiger partial charge in [0, 0.05) is 31.1 Å². The van der Waals surface area contributed by atoms with Gasteiger partial charge in [-0.15, -0.1) is 0 Å². The largest absolute Gasteiger partial charge is 0.452 e. The van der Waals surface area contributed by atoms with Crippen molar-refractivity contribution in [2.45, 2.75) is 5.92 Å². The zero-order valence-electron chi connectivity index (χ0n) is 8.46. The van der Waals surface area contributed by atoms with E-state index >= 15 is 0 Å². The number of amides is 1. The first-order valence-electron chi connectivity index (χ1n) is 4.74. The summed E-state index contributed by atoms with van der Waals surface area (Å²) in [5.41, 5.74) is 1.11. The molecule has 4 nitrogen and oxygen atoms in total. The first-order valence-corrected chi connectivity index (χ1v) is 4.74. The van der Waals surface area contributed by atoms with Gasteiger partial charge in [-0.25, -0.2) is 4.79 Å². The lowest BCUT2D eigenvalue weighted by molar-refractivity contribution is 0.142. The molecule has 1 amide bonds. The molecule has 1 atom stereocenters. The van der Waals surface area contributed by atoms with Crippen molar-refractivity contribution in [3.63, 3.8) is 0 Å². The Balaban J connectivity index is 2.06. The van der Waals surface area contributed by atoms with Gasteiger partial charge < -0.3 is 4.74 Å². The molecule has 1 unspecified atom stereocenters. The number of rotatable bonds is 1. The molecule has 0 aliphatic carbocycles. The second-order valence-corrected chi connectivity index (χ2v) is 3.36. The van der Waals surface area contributed by atoms with E-state index in [2.05, 4.69) is 9.72 Å². The average Bonchev–Trinajstić information content (AvgIpc) is 2.78. The Kier molecular flexibility index (Phi) is 2.67. The number of ether oxygens (including phenoxy) is 1. The van der Waals surface area contributed by atoms with Crippen molar-refractivity contribution in [2.24, 2.45) is 0 Å². The van der Waals surface area contributed by atoms with Crippen LogP contribution in [-0.2, 0) is 4.74 Å². The molecule has 0 aromatic carbocycles. The molecule has 78 valence electrons. The van der Waals surface area contributed by atoms with E-state index in [-0.39, 0.29) is 12.0 Å². The quantitative estimate of drug-likeness (QED) is 0.700. The maximum Gasteiger partial charge on any atom is 0.413 e. The number of pyridine rings is 1. The van der Waals surface area contributed by atoms with Gasteiger partial charge in [0.15, 0.2) is 0 Å². The van der Waals surface area contributed by atoms with E-state index in [0.717, 1.165) is 5.56 Å². The van der Waals surface area contributed by atoms with Crippen LogP contribution in [0.4, 0.5) is 4.79 Å². The number of methoxy groups -OCH3 is 1. The zero-order chi connectivity index (χ0) is 10.7. The van der Waals surface area contributed by atoms with Crippen LogP contribution < -0.4 is 0 Å². The molecule has 0 saturated carbocycles. The molecular weight excluding hydrogens is 192 g/mol. The van der Waals surface area contributed by atoms with Gasteiger partial charge in [-0.3, -0.25) is 9.88 Å². The summed E-state index contributed by atoms with van der Waals surface area (Å²) >= 11 is 0. The van der Waals surface area contributed by atoms with E-state index < -0.39 is 0 Å². The maximum atomic E-state index is 11.2.